The highest BCUT2D eigenvalue weighted by molar-refractivity contribution is 6.31. The molecule has 0 bridgehead atoms. The number of hydrogen-bond donors (Lipinski definition) is 0. The maximum absolute atomic E-state index is 13.1. The lowest BCUT2D eigenvalue weighted by Crippen LogP contribution is -2.54. The summed E-state index contributed by atoms with van der Waals surface area (Å²) in [5, 5.41) is 0.422. The van der Waals surface area contributed by atoms with Crippen molar-refractivity contribution in [1.29, 1.82) is 0 Å². The second kappa shape index (κ2) is 11.0. The van der Waals surface area contributed by atoms with E-state index in [2.05, 4.69) is 0 Å². The molecule has 172 valence electrons. The number of nitrogens with zero attached hydrogens (tertiary/aromatic N) is 2. The minimum absolute atomic E-state index is 0.0762. The van der Waals surface area contributed by atoms with E-state index in [9.17, 15) is 14.4 Å². The summed E-state index contributed by atoms with van der Waals surface area (Å²) in [6.45, 7) is 3.45. The molecular weight excluding hydrogens is 420 g/mol. The molecule has 8 heteroatoms. The molecule has 1 aliphatic rings. The van der Waals surface area contributed by atoms with E-state index in [0.717, 1.165) is 19.3 Å². The first-order valence-corrected chi connectivity index (χ1v) is 11.1. The van der Waals surface area contributed by atoms with E-state index in [1.807, 2.05) is 13.8 Å². The summed E-state index contributed by atoms with van der Waals surface area (Å²) in [5.74, 6) is -0.443. The summed E-state index contributed by atoms with van der Waals surface area (Å²) in [4.78, 5) is 41.5. The van der Waals surface area contributed by atoms with E-state index in [1.165, 1.54) is 11.9 Å². The van der Waals surface area contributed by atoms with Gasteiger partial charge in [-0.2, -0.15) is 0 Å². The van der Waals surface area contributed by atoms with E-state index in [-0.39, 0.29) is 11.7 Å². The van der Waals surface area contributed by atoms with E-state index >= 15 is 0 Å². The Balaban J connectivity index is 2.13. The Labute approximate surface area is 189 Å². The molecule has 1 aromatic rings. The number of carbonyl (C=O) groups is 3. The van der Waals surface area contributed by atoms with Crippen LogP contribution in [0.25, 0.3) is 0 Å². The van der Waals surface area contributed by atoms with Crippen LogP contribution in [0.1, 0.15) is 51.5 Å². The number of likely N-dealkylation sites (N-methyl/N-ethyl adjacent to an activating group) is 2. The van der Waals surface area contributed by atoms with Crippen LogP contribution >= 0.6 is 11.6 Å². The minimum Gasteiger partial charge on any atom is -0.427 e. The van der Waals surface area contributed by atoms with Crippen molar-refractivity contribution in [2.24, 2.45) is 5.92 Å². The molecule has 0 spiro atoms. The van der Waals surface area contributed by atoms with Crippen LogP contribution in [0.15, 0.2) is 24.3 Å². The smallest absolute Gasteiger partial charge is 0.413 e. The highest BCUT2D eigenvalue weighted by Gasteiger charge is 2.48. The zero-order valence-corrected chi connectivity index (χ0v) is 19.8. The normalized spacial score (nSPS) is 20.8. The van der Waals surface area contributed by atoms with Crippen LogP contribution < -0.4 is 0 Å². The van der Waals surface area contributed by atoms with E-state index in [1.54, 1.807) is 43.3 Å². The van der Waals surface area contributed by atoms with Crippen LogP contribution in [0.3, 0.4) is 0 Å². The third-order valence-electron chi connectivity index (χ3n) is 6.18. The molecule has 3 atom stereocenters. The fraction of sp³-hybridized carbons (Fsp3) is 0.609. The number of hydrogen-bond acceptors (Lipinski definition) is 6. The molecule has 31 heavy (non-hydrogen) atoms. The van der Waals surface area contributed by atoms with Crippen LogP contribution in [0.4, 0.5) is 4.79 Å². The molecule has 1 aromatic carbocycles. The van der Waals surface area contributed by atoms with Crippen LogP contribution in [0.5, 0.6) is 0 Å². The fourth-order valence-electron chi connectivity index (χ4n) is 4.28. The summed E-state index contributed by atoms with van der Waals surface area (Å²) in [5.41, 5.74) is -0.608. The Hall–Kier alpha value is -2.12. The van der Waals surface area contributed by atoms with E-state index in [4.69, 9.17) is 21.1 Å². The van der Waals surface area contributed by atoms with Crippen LogP contribution in [0, 0.1) is 5.92 Å². The first-order valence-electron chi connectivity index (χ1n) is 10.7. The predicted octanol–water partition coefficient (Wildman–Crippen LogP) is 4.22. The van der Waals surface area contributed by atoms with Crippen molar-refractivity contribution in [2.75, 3.05) is 27.9 Å². The third kappa shape index (κ3) is 5.39. The Bertz CT molecular complexity index is 800. The highest BCUT2D eigenvalue weighted by atomic mass is 35.5. The molecule has 1 fully saturated rings. The number of ether oxygens (including phenoxy) is 2. The lowest BCUT2D eigenvalue weighted by molar-refractivity contribution is -0.160. The van der Waals surface area contributed by atoms with Crippen molar-refractivity contribution < 1.29 is 23.9 Å². The van der Waals surface area contributed by atoms with Gasteiger partial charge in [0, 0.05) is 24.1 Å². The summed E-state index contributed by atoms with van der Waals surface area (Å²) in [6, 6.07) is 6.61. The molecule has 7 nitrogen and oxygen atoms in total. The van der Waals surface area contributed by atoms with Gasteiger partial charge < -0.3 is 9.47 Å². The van der Waals surface area contributed by atoms with Crippen molar-refractivity contribution in [1.82, 2.24) is 9.80 Å². The van der Waals surface area contributed by atoms with Gasteiger partial charge in [-0.3, -0.25) is 19.4 Å². The van der Waals surface area contributed by atoms with Gasteiger partial charge in [-0.1, -0.05) is 50.1 Å². The van der Waals surface area contributed by atoms with Crippen molar-refractivity contribution in [3.8, 4) is 0 Å². The molecule has 0 radical (unpaired) electrons. The number of Topliss-reactive ketones (excluding diaryl/α,β-unsaturated/α-hetero) is 1. The quantitative estimate of drug-likeness (QED) is 0.434. The van der Waals surface area contributed by atoms with Crippen LogP contribution in [0.2, 0.25) is 5.02 Å². The Kier molecular flexibility index (Phi) is 8.89. The van der Waals surface area contributed by atoms with Gasteiger partial charge in [-0.15, -0.1) is 0 Å². The summed E-state index contributed by atoms with van der Waals surface area (Å²) in [7, 11) is 5.14. The van der Waals surface area contributed by atoms with Crippen LogP contribution in [-0.2, 0) is 24.6 Å². The van der Waals surface area contributed by atoms with Crippen molar-refractivity contribution in [3.05, 3.63) is 34.9 Å². The molecule has 0 saturated heterocycles. The molecule has 1 saturated carbocycles. The second-order valence-corrected chi connectivity index (χ2v) is 8.72. The predicted molar refractivity (Wildman–Crippen MR) is 119 cm³/mol. The molecule has 0 unspecified atom stereocenters. The molecule has 2 rings (SSSR count). The number of benzene rings is 1. The number of esters is 1. The summed E-state index contributed by atoms with van der Waals surface area (Å²) < 4.78 is 10.5. The standard InChI is InChI=1S/C23H33ClN2O5/c1-6-16(2)20(25(3)4)21(28)30-15-31-22(29)26(5)23(14-10-9-13-19(23)27)17-11-7-8-12-18(17)24/h7-8,11-12,16,20H,6,9-10,13-15H2,1-5H3/t16-,20+,23+/m1/s1. The van der Waals surface area contributed by atoms with Gasteiger partial charge in [0.2, 0.25) is 6.79 Å². The largest absolute Gasteiger partial charge is 0.427 e. The van der Waals surface area contributed by atoms with Gasteiger partial charge in [0.25, 0.3) is 0 Å². The minimum atomic E-state index is -1.19. The summed E-state index contributed by atoms with van der Waals surface area (Å²) in [6.07, 6.45) is 2.43. The average Bonchev–Trinajstić information content (AvgIpc) is 2.74. The molecule has 0 heterocycles. The Morgan fingerprint density at radius 3 is 2.42 bits per heavy atom. The maximum Gasteiger partial charge on any atom is 0.413 e. The zero-order chi connectivity index (χ0) is 23.2. The van der Waals surface area contributed by atoms with Crippen molar-refractivity contribution in [3.63, 3.8) is 0 Å². The van der Waals surface area contributed by atoms with Crippen molar-refractivity contribution in [2.45, 2.75) is 57.5 Å². The number of carbonyl (C=O) groups excluding carboxylic acids is 3. The molecule has 0 aromatic heterocycles. The maximum atomic E-state index is 13.1. The molecule has 0 N–H and O–H groups in total. The second-order valence-electron chi connectivity index (χ2n) is 8.31. The van der Waals surface area contributed by atoms with Gasteiger partial charge >= 0.3 is 12.1 Å². The number of amides is 1. The number of ketones is 1. The SMILES string of the molecule is CC[C@@H](C)[C@@H](C(=O)OCOC(=O)N(C)[C@]1(c2ccccc2Cl)CCCCC1=O)N(C)C. The number of rotatable bonds is 8. The van der Waals surface area contributed by atoms with Gasteiger partial charge in [-0.05, 0) is 45.3 Å². The average molecular weight is 453 g/mol. The van der Waals surface area contributed by atoms with Crippen LogP contribution in [-0.4, -0.2) is 61.6 Å². The molecule has 0 aliphatic heterocycles. The zero-order valence-electron chi connectivity index (χ0n) is 19.0. The summed E-state index contributed by atoms with van der Waals surface area (Å²) >= 11 is 6.41. The number of halogens is 1. The van der Waals surface area contributed by atoms with Gasteiger partial charge in [0.15, 0.2) is 5.78 Å². The Morgan fingerprint density at radius 1 is 1.16 bits per heavy atom. The molecular formula is C23H33ClN2O5. The first kappa shape index (κ1) is 25.1. The Morgan fingerprint density at radius 2 is 1.84 bits per heavy atom. The lowest BCUT2D eigenvalue weighted by Gasteiger charge is -2.43. The molecule has 1 aliphatic carbocycles. The van der Waals surface area contributed by atoms with E-state index in [0.29, 0.717) is 23.4 Å². The highest BCUT2D eigenvalue weighted by Crippen LogP contribution is 2.42. The topological polar surface area (TPSA) is 76.1 Å². The third-order valence-corrected chi connectivity index (χ3v) is 6.51. The monoisotopic (exact) mass is 452 g/mol. The van der Waals surface area contributed by atoms with E-state index < -0.39 is 30.4 Å². The van der Waals surface area contributed by atoms with Crippen molar-refractivity contribution >= 4 is 29.4 Å². The van der Waals surface area contributed by atoms with Gasteiger partial charge in [0.1, 0.15) is 11.6 Å². The van der Waals surface area contributed by atoms with Gasteiger partial charge in [0.05, 0.1) is 0 Å². The fourth-order valence-corrected chi connectivity index (χ4v) is 4.57. The first-order chi connectivity index (χ1) is 14.7. The van der Waals surface area contributed by atoms with Gasteiger partial charge in [-0.25, -0.2) is 4.79 Å². The lowest BCUT2D eigenvalue weighted by atomic mass is 9.74. The molecule has 1 amide bonds.